The number of aromatic nitrogens is 2. The van der Waals surface area contributed by atoms with Gasteiger partial charge in [-0.1, -0.05) is 13.8 Å². The van der Waals surface area contributed by atoms with Crippen LogP contribution in [0.3, 0.4) is 0 Å². The maximum atomic E-state index is 13.1. The Morgan fingerprint density at radius 1 is 1.36 bits per heavy atom. The van der Waals surface area contributed by atoms with E-state index in [1.807, 2.05) is 0 Å². The van der Waals surface area contributed by atoms with Crippen LogP contribution in [0.15, 0.2) is 12.1 Å². The lowest BCUT2D eigenvalue weighted by molar-refractivity contribution is -0.384. The molecule has 0 radical (unpaired) electrons. The number of carbonyl (C=O) groups excluding carboxylic acids is 1. The smallest absolute Gasteiger partial charge is 0.378 e. The molecule has 25 heavy (non-hydrogen) atoms. The first-order valence-corrected chi connectivity index (χ1v) is 7.62. The van der Waals surface area contributed by atoms with Gasteiger partial charge >= 0.3 is 11.9 Å². The van der Waals surface area contributed by atoms with Gasteiger partial charge in [0.15, 0.2) is 5.69 Å². The fraction of sp³-hybridized carbons (Fsp3) is 0.308. The van der Waals surface area contributed by atoms with Crippen LogP contribution in [0.25, 0.3) is 0 Å². The zero-order valence-electron chi connectivity index (χ0n) is 12.9. The molecule has 0 saturated heterocycles. The van der Waals surface area contributed by atoms with Crippen molar-refractivity contribution in [3.63, 3.8) is 0 Å². The van der Waals surface area contributed by atoms with E-state index in [1.165, 1.54) is 0 Å². The Morgan fingerprint density at radius 3 is 2.48 bits per heavy atom. The lowest BCUT2D eigenvalue weighted by Crippen LogP contribution is -2.18. The summed E-state index contributed by atoms with van der Waals surface area (Å²) in [4.78, 5) is 28.6. The third kappa shape index (κ3) is 4.02. The highest BCUT2D eigenvalue weighted by atomic mass is 32.1. The Hall–Kier alpha value is -2.76. The molecule has 0 fully saturated rings. The maximum Gasteiger partial charge on any atom is 0.435 e. The van der Waals surface area contributed by atoms with Crippen LogP contribution in [0.2, 0.25) is 0 Å². The van der Waals surface area contributed by atoms with Gasteiger partial charge in [0.2, 0.25) is 5.82 Å². The molecule has 8 nitrogen and oxygen atoms in total. The highest BCUT2D eigenvalue weighted by Crippen LogP contribution is 2.36. The SMILES string of the molecule is CC(C)c1nc(C(F)(F)F)c(C(=O)Nc2ccc([N+](=O)[O-])c(N)n2)s1. The number of hydrogen-bond acceptors (Lipinski definition) is 7. The van der Waals surface area contributed by atoms with E-state index < -0.39 is 39.1 Å². The Morgan fingerprint density at radius 2 is 2.00 bits per heavy atom. The molecule has 0 spiro atoms. The molecule has 0 saturated carbocycles. The number of halogens is 3. The normalized spacial score (nSPS) is 11.6. The van der Waals surface area contributed by atoms with E-state index in [0.717, 1.165) is 12.1 Å². The van der Waals surface area contributed by atoms with Gasteiger partial charge in [0.1, 0.15) is 10.7 Å². The number of nitrogens with zero attached hydrogens (tertiary/aromatic N) is 3. The van der Waals surface area contributed by atoms with Crippen molar-refractivity contribution in [2.45, 2.75) is 25.9 Å². The van der Waals surface area contributed by atoms with Gasteiger partial charge < -0.3 is 11.1 Å². The molecule has 3 N–H and O–H groups in total. The van der Waals surface area contributed by atoms with Crippen LogP contribution < -0.4 is 11.1 Å². The molecule has 0 aliphatic rings. The second kappa shape index (κ2) is 6.63. The van der Waals surface area contributed by atoms with Gasteiger partial charge in [-0.2, -0.15) is 13.2 Å². The van der Waals surface area contributed by atoms with Gasteiger partial charge in [-0.25, -0.2) is 9.97 Å². The summed E-state index contributed by atoms with van der Waals surface area (Å²) in [5, 5.41) is 13.0. The number of amides is 1. The molecule has 2 heterocycles. The molecule has 12 heteroatoms. The quantitative estimate of drug-likeness (QED) is 0.623. The number of thiazole rings is 1. The third-order valence-electron chi connectivity index (χ3n) is 2.95. The summed E-state index contributed by atoms with van der Waals surface area (Å²) in [6.07, 6.45) is -4.79. The van der Waals surface area contributed by atoms with E-state index in [9.17, 15) is 28.1 Å². The highest BCUT2D eigenvalue weighted by Gasteiger charge is 2.40. The molecule has 1 amide bonds. The van der Waals surface area contributed by atoms with Crippen molar-refractivity contribution in [1.29, 1.82) is 0 Å². The molecule has 0 unspecified atom stereocenters. The minimum Gasteiger partial charge on any atom is -0.378 e. The van der Waals surface area contributed by atoms with Crippen molar-refractivity contribution in [2.75, 3.05) is 11.1 Å². The standard InChI is InChI=1S/C13H12F3N5O3S/c1-5(2)12-20-9(13(14,15)16)8(25-12)11(22)19-7-4-3-6(21(23)24)10(17)18-7/h3-5H,1-2H3,(H3,17,18,19,22). The average molecular weight is 375 g/mol. The maximum absolute atomic E-state index is 13.1. The molecule has 2 rings (SSSR count). The molecule has 0 aromatic carbocycles. The second-order valence-corrected chi connectivity index (χ2v) is 6.23. The topological polar surface area (TPSA) is 124 Å². The molecule has 0 atom stereocenters. The number of carbonyl (C=O) groups is 1. The van der Waals surface area contributed by atoms with E-state index in [0.29, 0.717) is 11.3 Å². The summed E-state index contributed by atoms with van der Waals surface area (Å²) in [6.45, 7) is 3.30. The fourth-order valence-electron chi connectivity index (χ4n) is 1.79. The number of pyridine rings is 1. The zero-order chi connectivity index (χ0) is 18.9. The van der Waals surface area contributed by atoms with Gasteiger partial charge in [-0.05, 0) is 6.07 Å². The minimum absolute atomic E-state index is 0.161. The van der Waals surface area contributed by atoms with Gasteiger partial charge in [0, 0.05) is 12.0 Å². The summed E-state index contributed by atoms with van der Waals surface area (Å²) >= 11 is 0.624. The summed E-state index contributed by atoms with van der Waals surface area (Å²) in [6, 6.07) is 2.07. The fourth-order valence-corrected chi connectivity index (χ4v) is 2.78. The van der Waals surface area contributed by atoms with Crippen molar-refractivity contribution >= 4 is 34.6 Å². The largest absolute Gasteiger partial charge is 0.435 e. The number of nitrogens with one attached hydrogen (secondary N) is 1. The molecule has 0 aliphatic carbocycles. The predicted molar refractivity (Wildman–Crippen MR) is 84.5 cm³/mol. The first-order chi connectivity index (χ1) is 11.5. The van der Waals surface area contributed by atoms with E-state index in [-0.39, 0.29) is 16.7 Å². The van der Waals surface area contributed by atoms with E-state index in [1.54, 1.807) is 13.8 Å². The highest BCUT2D eigenvalue weighted by molar-refractivity contribution is 7.14. The van der Waals surface area contributed by atoms with Crippen molar-refractivity contribution in [3.8, 4) is 0 Å². The summed E-state index contributed by atoms with van der Waals surface area (Å²) in [5.74, 6) is -2.04. The molecule has 2 aromatic rings. The lowest BCUT2D eigenvalue weighted by Gasteiger charge is -2.07. The van der Waals surface area contributed by atoms with Crippen LogP contribution in [0.1, 0.15) is 40.1 Å². The van der Waals surface area contributed by atoms with Gasteiger partial charge in [0.25, 0.3) is 5.91 Å². The van der Waals surface area contributed by atoms with E-state index in [4.69, 9.17) is 5.73 Å². The Kier molecular flexibility index (Phi) is 4.92. The number of alkyl halides is 3. The minimum atomic E-state index is -4.79. The number of nitro groups is 1. The summed E-state index contributed by atoms with van der Waals surface area (Å²) in [5.41, 5.74) is 3.62. The van der Waals surface area contributed by atoms with Crippen LogP contribution >= 0.6 is 11.3 Å². The van der Waals surface area contributed by atoms with Crippen molar-refractivity contribution in [3.05, 3.63) is 37.8 Å². The number of anilines is 2. The third-order valence-corrected chi connectivity index (χ3v) is 4.31. The van der Waals surface area contributed by atoms with Crippen molar-refractivity contribution in [1.82, 2.24) is 9.97 Å². The lowest BCUT2D eigenvalue weighted by atomic mass is 10.2. The molecule has 2 aromatic heterocycles. The van der Waals surface area contributed by atoms with Crippen LogP contribution in [0.5, 0.6) is 0 Å². The molecule has 134 valence electrons. The van der Waals surface area contributed by atoms with Gasteiger partial charge in [-0.15, -0.1) is 11.3 Å². The van der Waals surface area contributed by atoms with Crippen LogP contribution in [0, 0.1) is 10.1 Å². The van der Waals surface area contributed by atoms with Crippen LogP contribution in [-0.4, -0.2) is 20.8 Å². The molecule has 0 aliphatic heterocycles. The van der Waals surface area contributed by atoms with Crippen LogP contribution in [0.4, 0.5) is 30.5 Å². The van der Waals surface area contributed by atoms with E-state index in [2.05, 4.69) is 15.3 Å². The monoisotopic (exact) mass is 375 g/mol. The Balaban J connectivity index is 2.35. The van der Waals surface area contributed by atoms with Gasteiger partial charge in [-0.3, -0.25) is 14.9 Å². The van der Waals surface area contributed by atoms with Crippen LogP contribution in [-0.2, 0) is 6.18 Å². The van der Waals surface area contributed by atoms with Crippen molar-refractivity contribution < 1.29 is 22.9 Å². The predicted octanol–water partition coefficient (Wildman–Crippen LogP) is 3.42. The second-order valence-electron chi connectivity index (χ2n) is 5.19. The first kappa shape index (κ1) is 18.6. The zero-order valence-corrected chi connectivity index (χ0v) is 13.7. The van der Waals surface area contributed by atoms with E-state index >= 15 is 0 Å². The Bertz CT molecular complexity index is 835. The number of nitrogen functional groups attached to an aromatic ring is 1. The summed E-state index contributed by atoms with van der Waals surface area (Å²) < 4.78 is 39.3. The molecule has 0 bridgehead atoms. The number of nitrogens with two attached hydrogens (primary N) is 1. The first-order valence-electron chi connectivity index (χ1n) is 6.81. The number of rotatable bonds is 4. The van der Waals surface area contributed by atoms with Gasteiger partial charge in [0.05, 0.1) is 9.93 Å². The van der Waals surface area contributed by atoms with Crippen molar-refractivity contribution in [2.24, 2.45) is 0 Å². The number of hydrogen-bond donors (Lipinski definition) is 2. The average Bonchev–Trinajstić information content (AvgIpc) is 2.92. The summed E-state index contributed by atoms with van der Waals surface area (Å²) in [7, 11) is 0. The molecular weight excluding hydrogens is 363 g/mol. The molecular formula is C13H12F3N5O3S. The Labute approximate surface area is 143 Å².